The zero-order valence-corrected chi connectivity index (χ0v) is 16.4. The molecular weight excluding hydrogens is 392 g/mol. The third-order valence-corrected chi connectivity index (χ3v) is 4.61. The van der Waals surface area contributed by atoms with Crippen LogP contribution in [0.1, 0.15) is 11.9 Å². The molecule has 0 N–H and O–H groups in total. The van der Waals surface area contributed by atoms with Gasteiger partial charge in [0, 0.05) is 12.7 Å². The summed E-state index contributed by atoms with van der Waals surface area (Å²) < 4.78 is 35.1. The van der Waals surface area contributed by atoms with Crippen LogP contribution in [0.3, 0.4) is 0 Å². The van der Waals surface area contributed by atoms with Crippen LogP contribution in [-0.2, 0) is 38.0 Å². The Morgan fingerprint density at radius 1 is 1.00 bits per heavy atom. The Morgan fingerprint density at radius 2 is 1.67 bits per heavy atom. The molecule has 2 fully saturated rings. The van der Waals surface area contributed by atoms with Gasteiger partial charge >= 0.3 is 0 Å². The second-order valence-corrected chi connectivity index (χ2v) is 6.38. The Bertz CT molecular complexity index is 818. The van der Waals surface area contributed by atoms with E-state index in [0.717, 1.165) is 5.56 Å². The first-order valence-electron chi connectivity index (χ1n) is 9.36. The molecule has 0 radical (unpaired) electrons. The number of carbonyl (C=O) groups is 2. The second kappa shape index (κ2) is 11.6. The quantitative estimate of drug-likeness (QED) is 0.495. The molecule has 8 nitrogen and oxygen atoms in total. The van der Waals surface area contributed by atoms with Crippen molar-refractivity contribution in [2.75, 3.05) is 26.9 Å². The van der Waals surface area contributed by atoms with Crippen molar-refractivity contribution >= 4 is 12.6 Å². The highest BCUT2D eigenvalue weighted by Crippen LogP contribution is 2.36. The van der Waals surface area contributed by atoms with Gasteiger partial charge in [0.1, 0.15) is 37.6 Å². The fraction of sp³-hybridized carbons (Fsp3) is 0.455. The lowest BCUT2D eigenvalue weighted by Crippen LogP contribution is -2.63. The van der Waals surface area contributed by atoms with Gasteiger partial charge in [-0.15, -0.1) is 0 Å². The highest BCUT2D eigenvalue weighted by molar-refractivity contribution is 5.72. The molecule has 3 rings (SSSR count). The van der Waals surface area contributed by atoms with E-state index in [1.54, 1.807) is 0 Å². The van der Waals surface area contributed by atoms with E-state index in [1.165, 1.54) is 7.11 Å². The van der Waals surface area contributed by atoms with Crippen LogP contribution >= 0.6 is 0 Å². The molecule has 0 bridgehead atoms. The van der Waals surface area contributed by atoms with Gasteiger partial charge in [0.2, 0.25) is 0 Å². The fourth-order valence-electron chi connectivity index (χ4n) is 3.32. The molecule has 0 aromatic heterocycles. The molecule has 2 saturated heterocycles. The minimum absolute atomic E-state index is 0.0108. The molecule has 0 spiro atoms. The summed E-state index contributed by atoms with van der Waals surface area (Å²) in [5.41, 5.74) is 0.860. The molecule has 1 aromatic rings. The Kier molecular flexibility index (Phi) is 8.54. The standard InChI is InChI=1S/C22H22O8/c1-25-22-20(27-14-8-6-12-24)19(26-13-7-5-11-23)18-17(29-22)15-28-21(30-18)16-9-3-2-4-10-16/h2-4,9-12,17-22H,13-15H2,1H3/t17-,18-,19+,20-,21?,22+/m1/s1. The zero-order valence-electron chi connectivity index (χ0n) is 16.4. The van der Waals surface area contributed by atoms with Gasteiger partial charge in [-0.25, -0.2) is 0 Å². The van der Waals surface area contributed by atoms with Gasteiger partial charge < -0.3 is 28.4 Å². The molecular formula is C22H22O8. The van der Waals surface area contributed by atoms with E-state index in [0.29, 0.717) is 12.6 Å². The van der Waals surface area contributed by atoms with Gasteiger partial charge in [-0.05, 0) is 11.8 Å². The monoisotopic (exact) mass is 414 g/mol. The van der Waals surface area contributed by atoms with Crippen LogP contribution in [0.25, 0.3) is 0 Å². The SMILES string of the molecule is CO[C@H]1O[C@@H]2COC(c3ccccc3)O[C@H]2[C@H](OCC#CC=O)[C@H]1OCC#CC=O. The molecule has 0 amide bonds. The lowest BCUT2D eigenvalue weighted by atomic mass is 9.97. The van der Waals surface area contributed by atoms with Gasteiger partial charge in [-0.1, -0.05) is 42.2 Å². The molecule has 1 unspecified atom stereocenters. The maximum atomic E-state index is 10.5. The summed E-state index contributed by atoms with van der Waals surface area (Å²) in [5.74, 6) is 9.79. The lowest BCUT2D eigenvalue weighted by Gasteiger charge is -2.48. The maximum absolute atomic E-state index is 10.5. The second-order valence-electron chi connectivity index (χ2n) is 6.38. The molecule has 158 valence electrons. The van der Waals surface area contributed by atoms with E-state index in [2.05, 4.69) is 23.7 Å². The van der Waals surface area contributed by atoms with Crippen molar-refractivity contribution in [1.29, 1.82) is 0 Å². The van der Waals surface area contributed by atoms with Gasteiger partial charge in [-0.2, -0.15) is 0 Å². The Hall–Kier alpha value is -2.56. The molecule has 2 heterocycles. The van der Waals surface area contributed by atoms with Crippen LogP contribution in [0.15, 0.2) is 30.3 Å². The number of benzene rings is 1. The molecule has 2 aliphatic rings. The summed E-state index contributed by atoms with van der Waals surface area (Å²) >= 11 is 0. The number of fused-ring (bicyclic) bond motifs is 1. The van der Waals surface area contributed by atoms with Crippen LogP contribution in [-0.4, -0.2) is 70.2 Å². The highest BCUT2D eigenvalue weighted by Gasteiger charge is 2.51. The van der Waals surface area contributed by atoms with Crippen molar-refractivity contribution in [3.63, 3.8) is 0 Å². The largest absolute Gasteiger partial charge is 0.360 e. The number of carbonyl (C=O) groups excluding carboxylic acids is 2. The summed E-state index contributed by atoms with van der Waals surface area (Å²) in [6, 6.07) is 9.51. The summed E-state index contributed by atoms with van der Waals surface area (Å²) in [5, 5.41) is 0. The predicted molar refractivity (Wildman–Crippen MR) is 103 cm³/mol. The Morgan fingerprint density at radius 3 is 2.30 bits per heavy atom. The number of ether oxygens (including phenoxy) is 6. The van der Waals surface area contributed by atoms with Crippen LogP contribution < -0.4 is 0 Å². The number of hydrogen-bond acceptors (Lipinski definition) is 8. The van der Waals surface area contributed by atoms with E-state index in [4.69, 9.17) is 28.4 Å². The van der Waals surface area contributed by atoms with Gasteiger partial charge in [-0.3, -0.25) is 9.59 Å². The third kappa shape index (κ3) is 5.53. The van der Waals surface area contributed by atoms with Crippen molar-refractivity contribution in [1.82, 2.24) is 0 Å². The van der Waals surface area contributed by atoms with E-state index >= 15 is 0 Å². The van der Waals surface area contributed by atoms with E-state index < -0.39 is 37.0 Å². The minimum atomic E-state index is -0.770. The number of methoxy groups -OCH3 is 1. The molecule has 1 aromatic carbocycles. The molecule has 0 saturated carbocycles. The topological polar surface area (TPSA) is 89.5 Å². The fourth-order valence-corrected chi connectivity index (χ4v) is 3.32. The molecule has 6 atom stereocenters. The number of rotatable bonds is 6. The Labute approximate surface area is 174 Å². The van der Waals surface area contributed by atoms with Gasteiger partial charge in [0.05, 0.1) is 6.61 Å². The van der Waals surface area contributed by atoms with Gasteiger partial charge in [0.25, 0.3) is 0 Å². The van der Waals surface area contributed by atoms with Crippen molar-refractivity contribution in [2.45, 2.75) is 37.0 Å². The van der Waals surface area contributed by atoms with Crippen LogP contribution in [0.4, 0.5) is 0 Å². The zero-order chi connectivity index (χ0) is 21.2. The third-order valence-electron chi connectivity index (χ3n) is 4.61. The van der Waals surface area contributed by atoms with Crippen LogP contribution in [0.5, 0.6) is 0 Å². The van der Waals surface area contributed by atoms with E-state index in [1.807, 2.05) is 30.3 Å². The summed E-state index contributed by atoms with van der Waals surface area (Å²) in [7, 11) is 1.49. The highest BCUT2D eigenvalue weighted by atomic mass is 16.8. The summed E-state index contributed by atoms with van der Waals surface area (Å²) in [6.45, 7) is 0.229. The molecule has 0 aliphatic carbocycles. The number of hydrogen-bond donors (Lipinski definition) is 0. The lowest BCUT2D eigenvalue weighted by molar-refractivity contribution is -0.365. The van der Waals surface area contributed by atoms with E-state index in [9.17, 15) is 9.59 Å². The summed E-state index contributed by atoms with van der Waals surface area (Å²) in [6.07, 6.45) is -2.73. The summed E-state index contributed by atoms with van der Waals surface area (Å²) in [4.78, 5) is 20.9. The smallest absolute Gasteiger partial charge is 0.192 e. The Balaban J connectivity index is 1.81. The first-order chi connectivity index (χ1) is 14.8. The minimum Gasteiger partial charge on any atom is -0.360 e. The average molecular weight is 414 g/mol. The van der Waals surface area contributed by atoms with Crippen LogP contribution in [0.2, 0.25) is 0 Å². The van der Waals surface area contributed by atoms with Crippen molar-refractivity contribution in [3.8, 4) is 23.7 Å². The normalized spacial score (nSPS) is 30.0. The maximum Gasteiger partial charge on any atom is 0.192 e. The molecule has 30 heavy (non-hydrogen) atoms. The van der Waals surface area contributed by atoms with Crippen LogP contribution in [0, 0.1) is 23.7 Å². The molecule has 2 aliphatic heterocycles. The van der Waals surface area contributed by atoms with Crippen molar-refractivity contribution in [2.24, 2.45) is 0 Å². The predicted octanol–water partition coefficient (Wildman–Crippen LogP) is 0.647. The van der Waals surface area contributed by atoms with Gasteiger partial charge in [0.15, 0.2) is 25.2 Å². The first kappa shape index (κ1) is 22.1. The van der Waals surface area contributed by atoms with Crippen molar-refractivity contribution in [3.05, 3.63) is 35.9 Å². The van der Waals surface area contributed by atoms with E-state index in [-0.39, 0.29) is 19.8 Å². The van der Waals surface area contributed by atoms with Crippen molar-refractivity contribution < 1.29 is 38.0 Å². The molecule has 8 heteroatoms. The number of aldehydes is 2. The first-order valence-corrected chi connectivity index (χ1v) is 9.36. The average Bonchev–Trinajstić information content (AvgIpc) is 2.80.